The van der Waals surface area contributed by atoms with E-state index in [4.69, 9.17) is 16.0 Å². The number of nitrogens with one attached hydrogen (secondary N) is 1. The maximum Gasteiger partial charge on any atom is 0.420 e. The van der Waals surface area contributed by atoms with Crippen LogP contribution in [0, 0.1) is 0 Å². The van der Waals surface area contributed by atoms with Crippen LogP contribution in [0.3, 0.4) is 0 Å². The van der Waals surface area contributed by atoms with Crippen LogP contribution in [0.25, 0.3) is 22.4 Å². The summed E-state index contributed by atoms with van der Waals surface area (Å²) < 4.78 is 6.53. The average Bonchev–Trinajstić information content (AvgIpc) is 3.25. The van der Waals surface area contributed by atoms with Crippen molar-refractivity contribution in [3.63, 3.8) is 0 Å². The molecule has 1 unspecified atom stereocenters. The van der Waals surface area contributed by atoms with Crippen LogP contribution in [0.5, 0.6) is 0 Å². The van der Waals surface area contributed by atoms with Crippen molar-refractivity contribution in [2.75, 3.05) is 5.32 Å². The highest BCUT2D eigenvalue weighted by atomic mass is 35.5. The molecule has 0 radical (unpaired) electrons. The minimum atomic E-state index is -0.746. The smallest absolute Gasteiger partial charge is 0.408 e. The first kappa shape index (κ1) is 17.5. The fourth-order valence-corrected chi connectivity index (χ4v) is 3.61. The van der Waals surface area contributed by atoms with Crippen LogP contribution in [0.4, 0.5) is 5.13 Å². The number of carbonyl (C=O) groups excluding carboxylic acids is 1. The van der Waals surface area contributed by atoms with Crippen molar-refractivity contribution in [1.29, 1.82) is 0 Å². The number of anilines is 1. The molecule has 6 nitrogen and oxygen atoms in total. The number of amides is 1. The number of oxazole rings is 1. The lowest BCUT2D eigenvalue weighted by molar-refractivity contribution is -0.118. The molecule has 4 rings (SSSR count). The Bertz CT molecular complexity index is 1180. The summed E-state index contributed by atoms with van der Waals surface area (Å²) in [5.41, 5.74) is 2.67. The van der Waals surface area contributed by atoms with Gasteiger partial charge in [0, 0.05) is 16.0 Å². The molecule has 0 aliphatic heterocycles. The number of hydrogen-bond acceptors (Lipinski definition) is 5. The SMILES string of the molecule is CC(C(=O)Nc1nc(-c2ccc(Cl)cc2)cs1)n1c(=O)oc2ccccc21. The number of hydrogen-bond donors (Lipinski definition) is 1. The molecule has 0 saturated heterocycles. The lowest BCUT2D eigenvalue weighted by Crippen LogP contribution is -2.29. The largest absolute Gasteiger partial charge is 0.420 e. The topological polar surface area (TPSA) is 77.1 Å². The van der Waals surface area contributed by atoms with Gasteiger partial charge >= 0.3 is 5.76 Å². The third kappa shape index (κ3) is 3.39. The van der Waals surface area contributed by atoms with Crippen molar-refractivity contribution in [1.82, 2.24) is 9.55 Å². The first-order valence-corrected chi connectivity index (χ1v) is 9.41. The predicted octanol–water partition coefficient (Wildman–Crippen LogP) is 4.57. The Labute approximate surface area is 163 Å². The molecule has 27 heavy (non-hydrogen) atoms. The Morgan fingerprint density at radius 3 is 2.74 bits per heavy atom. The van der Waals surface area contributed by atoms with Gasteiger partial charge in [-0.3, -0.25) is 9.36 Å². The van der Waals surface area contributed by atoms with Gasteiger partial charge in [0.15, 0.2) is 10.7 Å². The quantitative estimate of drug-likeness (QED) is 0.545. The van der Waals surface area contributed by atoms with Crippen LogP contribution in [0.15, 0.2) is 63.1 Å². The standard InChI is InChI=1S/C19H14ClN3O3S/c1-11(23-15-4-2-3-5-16(15)26-19(23)25)17(24)22-18-21-14(10-27-18)12-6-8-13(20)9-7-12/h2-11H,1H3,(H,21,22,24). The third-order valence-electron chi connectivity index (χ3n) is 4.16. The van der Waals surface area contributed by atoms with E-state index in [2.05, 4.69) is 10.3 Å². The lowest BCUT2D eigenvalue weighted by atomic mass is 10.2. The van der Waals surface area contributed by atoms with Gasteiger partial charge in [-0.05, 0) is 31.2 Å². The molecule has 2 heterocycles. The number of aromatic nitrogens is 2. The molecule has 0 aliphatic rings. The van der Waals surface area contributed by atoms with Gasteiger partial charge in [0.05, 0.1) is 11.2 Å². The molecule has 0 saturated carbocycles. The molecule has 1 amide bonds. The summed E-state index contributed by atoms with van der Waals surface area (Å²) in [6, 6.07) is 13.5. The summed E-state index contributed by atoms with van der Waals surface area (Å²) in [6.45, 7) is 1.65. The van der Waals surface area contributed by atoms with E-state index in [-0.39, 0.29) is 5.91 Å². The molecule has 1 N–H and O–H groups in total. The van der Waals surface area contributed by atoms with Crippen molar-refractivity contribution < 1.29 is 9.21 Å². The second-order valence-electron chi connectivity index (χ2n) is 5.92. The maximum atomic E-state index is 12.6. The van der Waals surface area contributed by atoms with E-state index < -0.39 is 11.8 Å². The summed E-state index contributed by atoms with van der Waals surface area (Å²) in [7, 11) is 0. The van der Waals surface area contributed by atoms with Crippen molar-refractivity contribution in [2.24, 2.45) is 0 Å². The Hall–Kier alpha value is -2.90. The molecule has 2 aromatic heterocycles. The van der Waals surface area contributed by atoms with Gasteiger partial charge in [-0.25, -0.2) is 9.78 Å². The van der Waals surface area contributed by atoms with Gasteiger partial charge in [-0.15, -0.1) is 11.3 Å². The molecule has 136 valence electrons. The fourth-order valence-electron chi connectivity index (χ4n) is 2.76. The second kappa shape index (κ2) is 7.02. The summed E-state index contributed by atoms with van der Waals surface area (Å²) in [4.78, 5) is 29.2. The highest BCUT2D eigenvalue weighted by molar-refractivity contribution is 7.14. The molecular weight excluding hydrogens is 386 g/mol. The van der Waals surface area contributed by atoms with Gasteiger partial charge in [0.1, 0.15) is 6.04 Å². The average molecular weight is 400 g/mol. The maximum absolute atomic E-state index is 12.6. The van der Waals surface area contributed by atoms with Gasteiger partial charge in [0.25, 0.3) is 0 Å². The van der Waals surface area contributed by atoms with E-state index in [0.717, 1.165) is 11.3 Å². The molecule has 2 aromatic carbocycles. The predicted molar refractivity (Wildman–Crippen MR) is 106 cm³/mol. The first-order valence-electron chi connectivity index (χ1n) is 8.15. The van der Waals surface area contributed by atoms with Gasteiger partial charge in [-0.1, -0.05) is 35.9 Å². The molecule has 1 atom stereocenters. The van der Waals surface area contributed by atoms with E-state index >= 15 is 0 Å². The Morgan fingerprint density at radius 1 is 1.22 bits per heavy atom. The third-order valence-corrected chi connectivity index (χ3v) is 5.17. The van der Waals surface area contributed by atoms with Crippen LogP contribution in [0.1, 0.15) is 13.0 Å². The van der Waals surface area contributed by atoms with Gasteiger partial charge < -0.3 is 9.73 Å². The number of fused-ring (bicyclic) bond motifs is 1. The summed E-state index contributed by atoms with van der Waals surface area (Å²) in [6.07, 6.45) is 0. The number of benzene rings is 2. The van der Waals surface area contributed by atoms with Crippen molar-refractivity contribution in [3.8, 4) is 11.3 Å². The molecule has 0 spiro atoms. The van der Waals surface area contributed by atoms with Crippen molar-refractivity contribution >= 4 is 45.1 Å². The number of rotatable bonds is 4. The Balaban J connectivity index is 1.56. The minimum Gasteiger partial charge on any atom is -0.408 e. The highest BCUT2D eigenvalue weighted by Crippen LogP contribution is 2.26. The number of thiazole rings is 1. The number of nitrogens with zero attached hydrogens (tertiary/aromatic N) is 2. The molecular formula is C19H14ClN3O3S. The normalized spacial score (nSPS) is 12.2. The molecule has 0 bridgehead atoms. The molecule has 0 aliphatic carbocycles. The molecule has 4 aromatic rings. The van der Waals surface area contributed by atoms with E-state index in [9.17, 15) is 9.59 Å². The Morgan fingerprint density at radius 2 is 1.96 bits per heavy atom. The molecule has 0 fully saturated rings. The second-order valence-corrected chi connectivity index (χ2v) is 7.21. The van der Waals surface area contributed by atoms with Gasteiger partial charge in [0.2, 0.25) is 5.91 Å². The lowest BCUT2D eigenvalue weighted by Gasteiger charge is -2.11. The number of halogens is 1. The zero-order valence-electron chi connectivity index (χ0n) is 14.2. The first-order chi connectivity index (χ1) is 13.0. The fraction of sp³-hybridized carbons (Fsp3) is 0.105. The molecule has 8 heteroatoms. The van der Waals surface area contributed by atoms with E-state index in [1.54, 1.807) is 43.3 Å². The Kier molecular flexibility index (Phi) is 4.55. The van der Waals surface area contributed by atoms with E-state index in [0.29, 0.717) is 21.3 Å². The zero-order valence-corrected chi connectivity index (χ0v) is 15.8. The number of carbonyl (C=O) groups is 1. The zero-order chi connectivity index (χ0) is 19.0. The monoisotopic (exact) mass is 399 g/mol. The van der Waals surface area contributed by atoms with Gasteiger partial charge in [-0.2, -0.15) is 0 Å². The van der Waals surface area contributed by atoms with Crippen molar-refractivity contribution in [3.05, 3.63) is 69.5 Å². The minimum absolute atomic E-state index is 0.347. The highest BCUT2D eigenvalue weighted by Gasteiger charge is 2.22. The van der Waals surface area contributed by atoms with Crippen LogP contribution in [0.2, 0.25) is 5.02 Å². The van der Waals surface area contributed by atoms with Crippen LogP contribution < -0.4 is 11.1 Å². The number of para-hydroxylation sites is 2. The van der Waals surface area contributed by atoms with E-state index in [1.165, 1.54) is 15.9 Å². The van der Waals surface area contributed by atoms with Crippen LogP contribution >= 0.6 is 22.9 Å². The summed E-state index contributed by atoms with van der Waals surface area (Å²) >= 11 is 7.21. The van der Waals surface area contributed by atoms with Crippen LogP contribution in [-0.2, 0) is 4.79 Å². The summed E-state index contributed by atoms with van der Waals surface area (Å²) in [5.74, 6) is -0.916. The van der Waals surface area contributed by atoms with Crippen LogP contribution in [-0.4, -0.2) is 15.5 Å². The summed E-state index contributed by atoms with van der Waals surface area (Å²) in [5, 5.41) is 5.72. The van der Waals surface area contributed by atoms with E-state index in [1.807, 2.05) is 17.5 Å². The van der Waals surface area contributed by atoms with Crippen molar-refractivity contribution in [2.45, 2.75) is 13.0 Å².